The standard InChI is InChI=1S/C9H8BrN3O2S/c1-2-15-9(14)8-11-7(12-13-8)5-3-4-6(10)16-5/h3-4H,2H2,1H3,(H,11,12,13). The molecule has 0 fully saturated rings. The SMILES string of the molecule is CCOC(=O)c1n[nH]c(-c2ccc(Br)s2)n1. The lowest BCUT2D eigenvalue weighted by molar-refractivity contribution is 0.0512. The number of carbonyl (C=O) groups excluding carboxylic acids is 1. The lowest BCUT2D eigenvalue weighted by Crippen LogP contribution is -2.06. The van der Waals surface area contributed by atoms with Crippen LogP contribution < -0.4 is 0 Å². The Bertz CT molecular complexity index is 508. The Hall–Kier alpha value is -1.21. The molecule has 2 aromatic rings. The smallest absolute Gasteiger partial charge is 0.378 e. The molecule has 0 atom stereocenters. The van der Waals surface area contributed by atoms with E-state index in [0.717, 1.165) is 8.66 Å². The fourth-order valence-corrected chi connectivity index (χ4v) is 2.43. The number of nitrogens with one attached hydrogen (secondary N) is 1. The monoisotopic (exact) mass is 301 g/mol. The summed E-state index contributed by atoms with van der Waals surface area (Å²) in [5.41, 5.74) is 0. The minimum Gasteiger partial charge on any atom is -0.460 e. The molecular weight excluding hydrogens is 294 g/mol. The van der Waals surface area contributed by atoms with E-state index in [-0.39, 0.29) is 5.82 Å². The first-order chi connectivity index (χ1) is 7.70. The van der Waals surface area contributed by atoms with E-state index in [2.05, 4.69) is 31.1 Å². The van der Waals surface area contributed by atoms with Gasteiger partial charge in [0, 0.05) is 0 Å². The molecule has 0 radical (unpaired) electrons. The average molecular weight is 302 g/mol. The number of esters is 1. The van der Waals surface area contributed by atoms with Crippen LogP contribution in [0.4, 0.5) is 0 Å². The van der Waals surface area contributed by atoms with Crippen molar-refractivity contribution in [3.05, 3.63) is 21.7 Å². The molecule has 2 rings (SSSR count). The molecule has 2 heterocycles. The van der Waals surface area contributed by atoms with Gasteiger partial charge in [-0.3, -0.25) is 5.10 Å². The van der Waals surface area contributed by atoms with Crippen molar-refractivity contribution in [2.75, 3.05) is 6.61 Å². The van der Waals surface area contributed by atoms with Crippen LogP contribution in [0, 0.1) is 0 Å². The van der Waals surface area contributed by atoms with E-state index in [0.29, 0.717) is 12.4 Å². The van der Waals surface area contributed by atoms with Gasteiger partial charge >= 0.3 is 5.97 Å². The van der Waals surface area contributed by atoms with Crippen LogP contribution in [0.1, 0.15) is 17.5 Å². The molecule has 0 amide bonds. The number of halogens is 1. The summed E-state index contributed by atoms with van der Waals surface area (Å²) in [5.74, 6) is 0.112. The molecule has 0 saturated carbocycles. The van der Waals surface area contributed by atoms with Gasteiger partial charge in [0.15, 0.2) is 5.82 Å². The predicted molar refractivity (Wildman–Crippen MR) is 63.4 cm³/mol. The zero-order valence-electron chi connectivity index (χ0n) is 8.36. The lowest BCUT2D eigenvalue weighted by Gasteiger charge is -1.94. The van der Waals surface area contributed by atoms with Crippen molar-refractivity contribution in [2.24, 2.45) is 0 Å². The van der Waals surface area contributed by atoms with E-state index < -0.39 is 5.97 Å². The van der Waals surface area contributed by atoms with Gasteiger partial charge in [-0.1, -0.05) is 0 Å². The Balaban J connectivity index is 2.22. The number of hydrogen-bond acceptors (Lipinski definition) is 5. The van der Waals surface area contributed by atoms with Crippen molar-refractivity contribution >= 4 is 33.2 Å². The van der Waals surface area contributed by atoms with E-state index in [1.165, 1.54) is 11.3 Å². The van der Waals surface area contributed by atoms with Gasteiger partial charge in [-0.05, 0) is 35.0 Å². The third kappa shape index (κ3) is 2.30. The van der Waals surface area contributed by atoms with Gasteiger partial charge in [0.1, 0.15) is 0 Å². The number of aromatic amines is 1. The number of H-pyrrole nitrogens is 1. The Morgan fingerprint density at radius 1 is 1.62 bits per heavy atom. The Morgan fingerprint density at radius 3 is 3.06 bits per heavy atom. The van der Waals surface area contributed by atoms with Crippen molar-refractivity contribution in [1.29, 1.82) is 0 Å². The molecule has 1 N–H and O–H groups in total. The van der Waals surface area contributed by atoms with Gasteiger partial charge in [-0.15, -0.1) is 16.4 Å². The summed E-state index contributed by atoms with van der Waals surface area (Å²) in [7, 11) is 0. The molecule has 0 unspecified atom stereocenters. The maximum Gasteiger partial charge on any atom is 0.378 e. The van der Waals surface area contributed by atoms with Crippen LogP contribution in [-0.4, -0.2) is 27.8 Å². The third-order valence-corrected chi connectivity index (χ3v) is 3.38. The average Bonchev–Trinajstić information content (AvgIpc) is 2.85. The number of rotatable bonds is 3. The van der Waals surface area contributed by atoms with Gasteiger partial charge in [-0.25, -0.2) is 9.78 Å². The topological polar surface area (TPSA) is 67.9 Å². The quantitative estimate of drug-likeness (QED) is 0.884. The van der Waals surface area contributed by atoms with Crippen LogP contribution in [0.2, 0.25) is 0 Å². The van der Waals surface area contributed by atoms with Crippen LogP contribution in [0.3, 0.4) is 0 Å². The van der Waals surface area contributed by atoms with Crippen LogP contribution in [-0.2, 0) is 4.74 Å². The summed E-state index contributed by atoms with van der Waals surface area (Å²) in [6.45, 7) is 2.05. The van der Waals surface area contributed by atoms with Crippen molar-refractivity contribution in [1.82, 2.24) is 15.2 Å². The second kappa shape index (κ2) is 4.75. The number of aromatic nitrogens is 3. The Kier molecular flexibility index (Phi) is 3.35. The minimum absolute atomic E-state index is 0.0568. The normalized spacial score (nSPS) is 10.4. The molecule has 0 aromatic carbocycles. The second-order valence-electron chi connectivity index (χ2n) is 2.83. The van der Waals surface area contributed by atoms with Gasteiger partial charge in [0.25, 0.3) is 5.82 Å². The molecule has 0 aliphatic heterocycles. The van der Waals surface area contributed by atoms with Crippen LogP contribution >= 0.6 is 27.3 Å². The highest BCUT2D eigenvalue weighted by Crippen LogP contribution is 2.28. The fraction of sp³-hybridized carbons (Fsp3) is 0.222. The molecule has 0 spiro atoms. The van der Waals surface area contributed by atoms with Crippen LogP contribution in [0.5, 0.6) is 0 Å². The number of hydrogen-bond donors (Lipinski definition) is 1. The van der Waals surface area contributed by atoms with E-state index in [1.54, 1.807) is 6.92 Å². The Morgan fingerprint density at radius 2 is 2.44 bits per heavy atom. The number of thiophene rings is 1. The van der Waals surface area contributed by atoms with Gasteiger partial charge < -0.3 is 4.74 Å². The van der Waals surface area contributed by atoms with Gasteiger partial charge in [0.05, 0.1) is 15.3 Å². The van der Waals surface area contributed by atoms with E-state index in [1.807, 2.05) is 12.1 Å². The molecule has 0 saturated heterocycles. The second-order valence-corrected chi connectivity index (χ2v) is 5.29. The maximum atomic E-state index is 11.3. The molecule has 7 heteroatoms. The highest BCUT2D eigenvalue weighted by atomic mass is 79.9. The largest absolute Gasteiger partial charge is 0.460 e. The molecule has 0 bridgehead atoms. The summed E-state index contributed by atoms with van der Waals surface area (Å²) in [6.07, 6.45) is 0. The highest BCUT2D eigenvalue weighted by Gasteiger charge is 2.14. The summed E-state index contributed by atoms with van der Waals surface area (Å²) < 4.78 is 5.79. The molecular formula is C9H8BrN3O2S. The van der Waals surface area contributed by atoms with Crippen LogP contribution in [0.25, 0.3) is 10.7 Å². The highest BCUT2D eigenvalue weighted by molar-refractivity contribution is 9.11. The molecule has 84 valence electrons. The maximum absolute atomic E-state index is 11.3. The fourth-order valence-electron chi connectivity index (χ4n) is 1.10. The first-order valence-corrected chi connectivity index (χ1v) is 6.17. The lowest BCUT2D eigenvalue weighted by atomic mass is 10.4. The van der Waals surface area contributed by atoms with E-state index in [9.17, 15) is 4.79 Å². The molecule has 5 nitrogen and oxygen atoms in total. The number of carbonyl (C=O) groups is 1. The number of nitrogens with zero attached hydrogens (tertiary/aromatic N) is 2. The summed E-state index contributed by atoms with van der Waals surface area (Å²) >= 11 is 4.86. The number of ether oxygens (including phenoxy) is 1. The zero-order valence-corrected chi connectivity index (χ0v) is 10.8. The summed E-state index contributed by atoms with van der Waals surface area (Å²) in [5, 5.41) is 6.50. The zero-order chi connectivity index (χ0) is 11.5. The first kappa shape index (κ1) is 11.3. The van der Waals surface area contributed by atoms with Crippen LogP contribution in [0.15, 0.2) is 15.9 Å². The predicted octanol–water partition coefficient (Wildman–Crippen LogP) is 2.47. The van der Waals surface area contributed by atoms with Crippen molar-refractivity contribution in [3.8, 4) is 10.7 Å². The summed E-state index contributed by atoms with van der Waals surface area (Å²) in [6, 6.07) is 3.80. The van der Waals surface area contributed by atoms with Crippen molar-refractivity contribution in [2.45, 2.75) is 6.92 Å². The summed E-state index contributed by atoms with van der Waals surface area (Å²) in [4.78, 5) is 16.3. The van der Waals surface area contributed by atoms with E-state index >= 15 is 0 Å². The Labute approximate surface area is 104 Å². The van der Waals surface area contributed by atoms with Gasteiger partial charge in [-0.2, -0.15) is 0 Å². The molecule has 16 heavy (non-hydrogen) atoms. The third-order valence-electron chi connectivity index (χ3n) is 1.75. The van der Waals surface area contributed by atoms with Gasteiger partial charge in [0.2, 0.25) is 0 Å². The van der Waals surface area contributed by atoms with Crippen molar-refractivity contribution in [3.63, 3.8) is 0 Å². The molecule has 0 aliphatic rings. The van der Waals surface area contributed by atoms with Crippen molar-refractivity contribution < 1.29 is 9.53 Å². The first-order valence-electron chi connectivity index (χ1n) is 4.56. The van der Waals surface area contributed by atoms with E-state index in [4.69, 9.17) is 4.74 Å². The molecule has 0 aliphatic carbocycles. The molecule has 2 aromatic heterocycles. The minimum atomic E-state index is -0.513.